The summed E-state index contributed by atoms with van der Waals surface area (Å²) in [4.78, 5) is 36.3. The molecule has 0 aliphatic carbocycles. The maximum Gasteiger partial charge on any atom is 0.410 e. The van der Waals surface area contributed by atoms with Crippen LogP contribution in [0.3, 0.4) is 0 Å². The number of anilines is 1. The monoisotopic (exact) mass is 362 g/mol. The maximum atomic E-state index is 12.0. The van der Waals surface area contributed by atoms with E-state index in [-0.39, 0.29) is 18.4 Å². The van der Waals surface area contributed by atoms with Gasteiger partial charge in [-0.05, 0) is 36.0 Å². The van der Waals surface area contributed by atoms with Crippen LogP contribution in [0.25, 0.3) is 0 Å². The van der Waals surface area contributed by atoms with Crippen molar-refractivity contribution in [1.82, 2.24) is 4.90 Å². The van der Waals surface area contributed by atoms with Gasteiger partial charge < -0.3 is 19.7 Å². The van der Waals surface area contributed by atoms with E-state index in [1.807, 2.05) is 13.8 Å². The lowest BCUT2D eigenvalue weighted by Gasteiger charge is -2.25. The fraction of sp³-hybridized carbons (Fsp3) is 0.550. The summed E-state index contributed by atoms with van der Waals surface area (Å²) in [7, 11) is 1.55. The van der Waals surface area contributed by atoms with Crippen LogP contribution in [-0.4, -0.2) is 36.3 Å². The van der Waals surface area contributed by atoms with Gasteiger partial charge in [0.05, 0.1) is 6.04 Å². The molecule has 1 unspecified atom stereocenters. The lowest BCUT2D eigenvalue weighted by atomic mass is 10.1. The number of rotatable bonds is 9. The first-order chi connectivity index (χ1) is 12.2. The summed E-state index contributed by atoms with van der Waals surface area (Å²) < 4.78 is 5.25. The quantitative estimate of drug-likeness (QED) is 0.677. The summed E-state index contributed by atoms with van der Waals surface area (Å²) in [6.07, 6.45) is 1.56. The second-order valence-electron chi connectivity index (χ2n) is 7.21. The highest BCUT2D eigenvalue weighted by Gasteiger charge is 2.23. The van der Waals surface area contributed by atoms with Crippen LogP contribution >= 0.6 is 0 Å². The van der Waals surface area contributed by atoms with Crippen molar-refractivity contribution in [2.24, 2.45) is 11.8 Å². The minimum absolute atomic E-state index is 0.00640. The molecule has 1 aromatic rings. The Morgan fingerprint density at radius 1 is 1.15 bits per heavy atom. The molecule has 26 heavy (non-hydrogen) atoms. The molecule has 0 saturated heterocycles. The molecule has 0 radical (unpaired) electrons. The Morgan fingerprint density at radius 2 is 1.77 bits per heavy atom. The van der Waals surface area contributed by atoms with Gasteiger partial charge in [0.1, 0.15) is 12.9 Å². The van der Waals surface area contributed by atoms with Crippen LogP contribution in [0.5, 0.6) is 0 Å². The van der Waals surface area contributed by atoms with Crippen molar-refractivity contribution < 1.29 is 19.1 Å². The SMILES string of the molecule is CC(C)CCC(=O)Nc1ccc(COC(=O)N(C)C(C=O)C(C)C)cc1. The molecule has 0 aliphatic heterocycles. The summed E-state index contributed by atoms with van der Waals surface area (Å²) in [6, 6.07) is 6.65. The van der Waals surface area contributed by atoms with Crippen LogP contribution in [0, 0.1) is 11.8 Å². The van der Waals surface area contributed by atoms with Crippen molar-refractivity contribution in [3.63, 3.8) is 0 Å². The largest absolute Gasteiger partial charge is 0.445 e. The van der Waals surface area contributed by atoms with Gasteiger partial charge in [0.2, 0.25) is 5.91 Å². The van der Waals surface area contributed by atoms with Crippen LogP contribution in [0.1, 0.15) is 46.1 Å². The number of amides is 2. The molecule has 1 N–H and O–H groups in total. The van der Waals surface area contributed by atoms with Gasteiger partial charge in [-0.3, -0.25) is 4.79 Å². The summed E-state index contributed by atoms with van der Waals surface area (Å²) >= 11 is 0. The zero-order valence-electron chi connectivity index (χ0n) is 16.3. The zero-order valence-corrected chi connectivity index (χ0v) is 16.3. The summed E-state index contributed by atoms with van der Waals surface area (Å²) in [5.74, 6) is 0.502. The van der Waals surface area contributed by atoms with E-state index in [0.29, 0.717) is 18.0 Å². The molecule has 1 aromatic carbocycles. The van der Waals surface area contributed by atoms with E-state index in [2.05, 4.69) is 19.2 Å². The van der Waals surface area contributed by atoms with Gasteiger partial charge in [0.15, 0.2) is 0 Å². The van der Waals surface area contributed by atoms with Crippen molar-refractivity contribution in [1.29, 1.82) is 0 Å². The van der Waals surface area contributed by atoms with Gasteiger partial charge in [0.25, 0.3) is 0 Å². The third-order valence-electron chi connectivity index (χ3n) is 4.11. The third-order valence-corrected chi connectivity index (χ3v) is 4.11. The summed E-state index contributed by atoms with van der Waals surface area (Å²) in [6.45, 7) is 8.01. The van der Waals surface area contributed by atoms with Gasteiger partial charge in [-0.15, -0.1) is 0 Å². The normalized spacial score (nSPS) is 12.0. The Balaban J connectivity index is 2.50. The molecule has 0 bridgehead atoms. The highest BCUT2D eigenvalue weighted by molar-refractivity contribution is 5.90. The average Bonchev–Trinajstić information content (AvgIpc) is 2.59. The lowest BCUT2D eigenvalue weighted by molar-refractivity contribution is -0.116. The molecule has 0 aliphatic rings. The lowest BCUT2D eigenvalue weighted by Crippen LogP contribution is -2.41. The number of benzene rings is 1. The molecular weight excluding hydrogens is 332 g/mol. The summed E-state index contributed by atoms with van der Waals surface area (Å²) in [5.41, 5.74) is 1.52. The van der Waals surface area contributed by atoms with Gasteiger partial charge in [-0.25, -0.2) is 4.79 Å². The van der Waals surface area contributed by atoms with Crippen molar-refractivity contribution in [3.05, 3.63) is 29.8 Å². The van der Waals surface area contributed by atoms with Gasteiger partial charge in [-0.1, -0.05) is 39.8 Å². The molecule has 1 atom stereocenters. The number of nitrogens with one attached hydrogen (secondary N) is 1. The Kier molecular flexibility index (Phi) is 8.82. The molecule has 2 amide bonds. The Labute approximate surface area is 155 Å². The van der Waals surface area contributed by atoms with Crippen LogP contribution < -0.4 is 5.32 Å². The second kappa shape index (κ2) is 10.6. The number of nitrogens with zero attached hydrogens (tertiary/aromatic N) is 1. The number of aldehydes is 1. The van der Waals surface area contributed by atoms with E-state index in [4.69, 9.17) is 4.74 Å². The first-order valence-electron chi connectivity index (χ1n) is 8.98. The van der Waals surface area contributed by atoms with Crippen LogP contribution in [0.15, 0.2) is 24.3 Å². The van der Waals surface area contributed by atoms with Gasteiger partial charge in [-0.2, -0.15) is 0 Å². The van der Waals surface area contributed by atoms with E-state index in [1.54, 1.807) is 31.3 Å². The highest BCUT2D eigenvalue weighted by atomic mass is 16.6. The Hall–Kier alpha value is -2.37. The van der Waals surface area contributed by atoms with Crippen LogP contribution in [0.2, 0.25) is 0 Å². The van der Waals surface area contributed by atoms with Gasteiger partial charge >= 0.3 is 6.09 Å². The van der Waals surface area contributed by atoms with E-state index in [9.17, 15) is 14.4 Å². The first-order valence-corrected chi connectivity index (χ1v) is 8.98. The van der Waals surface area contributed by atoms with Crippen molar-refractivity contribution in [3.8, 4) is 0 Å². The molecule has 0 aromatic heterocycles. The maximum absolute atomic E-state index is 12.0. The highest BCUT2D eigenvalue weighted by Crippen LogP contribution is 2.14. The minimum atomic E-state index is -0.540. The predicted octanol–water partition coefficient (Wildman–Crippen LogP) is 3.85. The van der Waals surface area contributed by atoms with Crippen molar-refractivity contribution in [2.75, 3.05) is 12.4 Å². The fourth-order valence-electron chi connectivity index (χ4n) is 2.39. The van der Waals surface area contributed by atoms with Crippen LogP contribution in [-0.2, 0) is 20.9 Å². The first kappa shape index (κ1) is 21.7. The Morgan fingerprint density at radius 3 is 2.27 bits per heavy atom. The molecule has 1 rings (SSSR count). The number of ether oxygens (including phenoxy) is 1. The third kappa shape index (κ3) is 7.25. The van der Waals surface area contributed by atoms with E-state index >= 15 is 0 Å². The number of carbonyl (C=O) groups is 3. The average molecular weight is 362 g/mol. The second-order valence-corrected chi connectivity index (χ2v) is 7.21. The molecule has 144 valence electrons. The molecule has 6 heteroatoms. The van der Waals surface area contributed by atoms with Crippen LogP contribution in [0.4, 0.5) is 10.5 Å². The van der Waals surface area contributed by atoms with Crippen molar-refractivity contribution >= 4 is 24.0 Å². The zero-order chi connectivity index (χ0) is 19.7. The Bertz CT molecular complexity index is 596. The van der Waals surface area contributed by atoms with E-state index < -0.39 is 12.1 Å². The molecule has 0 spiro atoms. The van der Waals surface area contributed by atoms with E-state index in [1.165, 1.54) is 4.90 Å². The number of hydrogen-bond acceptors (Lipinski definition) is 4. The van der Waals surface area contributed by atoms with Crippen molar-refractivity contribution in [2.45, 2.75) is 53.2 Å². The smallest absolute Gasteiger partial charge is 0.410 e. The molecule has 0 saturated carbocycles. The van der Waals surface area contributed by atoms with E-state index in [0.717, 1.165) is 18.3 Å². The number of hydrogen-bond donors (Lipinski definition) is 1. The minimum Gasteiger partial charge on any atom is -0.445 e. The predicted molar refractivity (Wildman–Crippen MR) is 102 cm³/mol. The fourth-order valence-corrected chi connectivity index (χ4v) is 2.39. The molecule has 0 fully saturated rings. The molecular formula is C20H30N2O4. The summed E-state index contributed by atoms with van der Waals surface area (Å²) in [5, 5.41) is 2.85. The molecule has 6 nitrogen and oxygen atoms in total. The standard InChI is InChI=1S/C20H30N2O4/c1-14(2)6-11-19(24)21-17-9-7-16(8-10-17)13-26-20(25)22(5)18(12-23)15(3)4/h7-10,12,14-15,18H,6,11,13H2,1-5H3,(H,21,24). The number of carbonyl (C=O) groups excluding carboxylic acids is 3. The van der Waals surface area contributed by atoms with Gasteiger partial charge in [0, 0.05) is 19.2 Å². The molecule has 0 heterocycles. The number of likely N-dealkylation sites (N-methyl/N-ethyl adjacent to an activating group) is 1. The topological polar surface area (TPSA) is 75.7 Å².